The summed E-state index contributed by atoms with van der Waals surface area (Å²) < 4.78 is 0. The van der Waals surface area contributed by atoms with Crippen molar-refractivity contribution < 1.29 is 0 Å². The number of rotatable bonds is 4. The van der Waals surface area contributed by atoms with E-state index in [1.54, 1.807) is 0 Å². The highest BCUT2D eigenvalue weighted by molar-refractivity contribution is 5.30. The molecule has 106 valence electrons. The maximum atomic E-state index is 4.48. The lowest BCUT2D eigenvalue weighted by Gasteiger charge is -2.42. The van der Waals surface area contributed by atoms with Crippen LogP contribution < -0.4 is 5.32 Å². The number of nitrogens with one attached hydrogen (secondary N) is 1. The first-order valence-electron chi connectivity index (χ1n) is 7.09. The van der Waals surface area contributed by atoms with Gasteiger partial charge in [-0.2, -0.15) is 0 Å². The van der Waals surface area contributed by atoms with Crippen molar-refractivity contribution in [1.29, 1.82) is 0 Å². The highest BCUT2D eigenvalue weighted by Gasteiger charge is 2.26. The number of hydrogen-bond acceptors (Lipinski definition) is 5. The molecule has 1 aliphatic rings. The summed E-state index contributed by atoms with van der Waals surface area (Å²) in [6.45, 7) is 10.6. The molecule has 19 heavy (non-hydrogen) atoms. The molecule has 5 heteroatoms. The number of likely N-dealkylation sites (N-methyl/N-ethyl adjacent to an activating group) is 1. The average Bonchev–Trinajstić information content (AvgIpc) is 2.38. The summed E-state index contributed by atoms with van der Waals surface area (Å²) in [6.07, 6.45) is 3.70. The Balaban J connectivity index is 1.93. The molecule has 0 amide bonds. The second-order valence-electron chi connectivity index (χ2n) is 5.48. The van der Waals surface area contributed by atoms with E-state index in [-0.39, 0.29) is 0 Å². The van der Waals surface area contributed by atoms with Crippen LogP contribution in [0.4, 0.5) is 5.82 Å². The fraction of sp³-hybridized carbons (Fsp3) is 0.714. The van der Waals surface area contributed by atoms with Gasteiger partial charge in [-0.15, -0.1) is 0 Å². The average molecular weight is 263 g/mol. The van der Waals surface area contributed by atoms with Crippen LogP contribution in [0.2, 0.25) is 0 Å². The highest BCUT2D eigenvalue weighted by Crippen LogP contribution is 2.15. The molecule has 1 fully saturated rings. The van der Waals surface area contributed by atoms with Crippen LogP contribution in [0.5, 0.6) is 0 Å². The first kappa shape index (κ1) is 14.2. The molecule has 1 aromatic rings. The van der Waals surface area contributed by atoms with E-state index in [0.717, 1.165) is 37.7 Å². The number of hydrogen-bond donors (Lipinski definition) is 1. The van der Waals surface area contributed by atoms with Crippen molar-refractivity contribution >= 4 is 5.82 Å². The van der Waals surface area contributed by atoms with E-state index in [4.69, 9.17) is 0 Å². The van der Waals surface area contributed by atoms with E-state index in [1.807, 2.05) is 12.4 Å². The monoisotopic (exact) mass is 263 g/mol. The smallest absolute Gasteiger partial charge is 0.144 e. The van der Waals surface area contributed by atoms with Gasteiger partial charge in [-0.05, 0) is 27.8 Å². The molecule has 2 rings (SSSR count). The first-order valence-corrected chi connectivity index (χ1v) is 7.09. The maximum Gasteiger partial charge on any atom is 0.144 e. The normalized spacial score (nSPS) is 25.5. The summed E-state index contributed by atoms with van der Waals surface area (Å²) in [5.74, 6) is 0.853. The van der Waals surface area contributed by atoms with Gasteiger partial charge < -0.3 is 5.32 Å². The zero-order valence-electron chi connectivity index (χ0n) is 12.4. The van der Waals surface area contributed by atoms with E-state index >= 15 is 0 Å². The maximum absolute atomic E-state index is 4.48. The third-order valence-corrected chi connectivity index (χ3v) is 3.88. The molecule has 2 atom stereocenters. The van der Waals surface area contributed by atoms with Crippen molar-refractivity contribution in [2.24, 2.45) is 0 Å². The van der Waals surface area contributed by atoms with Crippen LogP contribution in [-0.4, -0.2) is 58.5 Å². The van der Waals surface area contributed by atoms with Crippen LogP contribution in [0.15, 0.2) is 12.4 Å². The van der Waals surface area contributed by atoms with Gasteiger partial charge in [0.2, 0.25) is 0 Å². The Kier molecular flexibility index (Phi) is 4.71. The van der Waals surface area contributed by atoms with Gasteiger partial charge in [-0.3, -0.25) is 14.8 Å². The fourth-order valence-corrected chi connectivity index (χ4v) is 2.58. The second kappa shape index (κ2) is 6.30. The molecule has 1 aromatic heterocycles. The minimum atomic E-state index is 0.595. The summed E-state index contributed by atoms with van der Waals surface area (Å²) in [7, 11) is 2.21. The van der Waals surface area contributed by atoms with Gasteiger partial charge in [-0.1, -0.05) is 0 Å². The SMILES string of the molecule is CCNc1cnc(CN2CC(C)N(C)C(C)C2)cn1. The van der Waals surface area contributed by atoms with Crippen LogP contribution in [-0.2, 0) is 6.54 Å². The van der Waals surface area contributed by atoms with Crippen molar-refractivity contribution in [2.75, 3.05) is 32.0 Å². The van der Waals surface area contributed by atoms with Crippen LogP contribution in [0.3, 0.4) is 0 Å². The minimum Gasteiger partial charge on any atom is -0.369 e. The Bertz CT molecular complexity index is 379. The standard InChI is InChI=1S/C14H25N5/c1-5-15-14-7-16-13(6-17-14)10-19-8-11(2)18(4)12(3)9-19/h6-7,11-12H,5,8-10H2,1-4H3,(H,15,17). The third-order valence-electron chi connectivity index (χ3n) is 3.88. The topological polar surface area (TPSA) is 44.3 Å². The van der Waals surface area contributed by atoms with Crippen molar-refractivity contribution in [3.05, 3.63) is 18.1 Å². The summed E-state index contributed by atoms with van der Waals surface area (Å²) >= 11 is 0. The zero-order chi connectivity index (χ0) is 13.8. The Morgan fingerprint density at radius 3 is 2.42 bits per heavy atom. The highest BCUT2D eigenvalue weighted by atomic mass is 15.3. The Hall–Kier alpha value is -1.20. The van der Waals surface area contributed by atoms with E-state index in [9.17, 15) is 0 Å². The van der Waals surface area contributed by atoms with Gasteiger partial charge in [0, 0.05) is 38.3 Å². The van der Waals surface area contributed by atoms with Gasteiger partial charge in [0.05, 0.1) is 18.1 Å². The molecule has 2 unspecified atom stereocenters. The van der Waals surface area contributed by atoms with Crippen LogP contribution in [0.1, 0.15) is 26.5 Å². The van der Waals surface area contributed by atoms with E-state index in [0.29, 0.717) is 12.1 Å². The van der Waals surface area contributed by atoms with E-state index in [2.05, 4.69) is 52.9 Å². The summed E-state index contributed by atoms with van der Waals surface area (Å²) in [5.41, 5.74) is 1.05. The molecule has 0 radical (unpaired) electrons. The van der Waals surface area contributed by atoms with Crippen molar-refractivity contribution in [2.45, 2.75) is 39.4 Å². The molecule has 0 saturated carbocycles. The van der Waals surface area contributed by atoms with Gasteiger partial charge in [-0.25, -0.2) is 4.98 Å². The summed E-state index contributed by atoms with van der Waals surface area (Å²) in [6, 6.07) is 1.19. The lowest BCUT2D eigenvalue weighted by Crippen LogP contribution is -2.54. The molecule has 2 heterocycles. The lowest BCUT2D eigenvalue weighted by molar-refractivity contribution is 0.0549. The summed E-state index contributed by atoms with van der Waals surface area (Å²) in [4.78, 5) is 13.8. The van der Waals surface area contributed by atoms with Crippen LogP contribution in [0.25, 0.3) is 0 Å². The number of aromatic nitrogens is 2. The first-order chi connectivity index (χ1) is 9.10. The number of piperazine rings is 1. The fourth-order valence-electron chi connectivity index (χ4n) is 2.58. The zero-order valence-corrected chi connectivity index (χ0v) is 12.4. The van der Waals surface area contributed by atoms with Gasteiger partial charge >= 0.3 is 0 Å². The predicted molar refractivity (Wildman–Crippen MR) is 78.2 cm³/mol. The minimum absolute atomic E-state index is 0.595. The van der Waals surface area contributed by atoms with E-state index < -0.39 is 0 Å². The predicted octanol–water partition coefficient (Wildman–Crippen LogP) is 1.43. The number of anilines is 1. The molecular formula is C14H25N5. The molecule has 5 nitrogen and oxygen atoms in total. The Morgan fingerprint density at radius 1 is 1.21 bits per heavy atom. The van der Waals surface area contributed by atoms with Gasteiger partial charge in [0.15, 0.2) is 0 Å². The van der Waals surface area contributed by atoms with Crippen LogP contribution >= 0.6 is 0 Å². The largest absolute Gasteiger partial charge is 0.369 e. The Labute approximate surface area is 116 Å². The molecule has 1 aliphatic heterocycles. The molecule has 1 saturated heterocycles. The van der Waals surface area contributed by atoms with Crippen molar-refractivity contribution in [1.82, 2.24) is 19.8 Å². The Morgan fingerprint density at radius 2 is 1.89 bits per heavy atom. The molecular weight excluding hydrogens is 238 g/mol. The van der Waals surface area contributed by atoms with Gasteiger partial charge in [0.25, 0.3) is 0 Å². The quantitative estimate of drug-likeness (QED) is 0.890. The lowest BCUT2D eigenvalue weighted by atomic mass is 10.1. The van der Waals surface area contributed by atoms with E-state index in [1.165, 1.54) is 0 Å². The van der Waals surface area contributed by atoms with Crippen molar-refractivity contribution in [3.8, 4) is 0 Å². The molecule has 0 aromatic carbocycles. The van der Waals surface area contributed by atoms with Crippen LogP contribution in [0, 0.1) is 0 Å². The van der Waals surface area contributed by atoms with Gasteiger partial charge in [0.1, 0.15) is 5.82 Å². The molecule has 0 spiro atoms. The van der Waals surface area contributed by atoms with Crippen molar-refractivity contribution in [3.63, 3.8) is 0 Å². The summed E-state index contributed by atoms with van der Waals surface area (Å²) in [5, 5.41) is 3.16. The third kappa shape index (κ3) is 3.64. The molecule has 0 aliphatic carbocycles. The molecule has 1 N–H and O–H groups in total. The number of nitrogens with zero attached hydrogens (tertiary/aromatic N) is 4. The molecule has 0 bridgehead atoms. The second-order valence-corrected chi connectivity index (χ2v) is 5.48.